The van der Waals surface area contributed by atoms with Crippen LogP contribution in [0.4, 0.5) is 11.9 Å². The lowest BCUT2D eigenvalue weighted by molar-refractivity contribution is 0.286. The number of nitrogens with zero attached hydrogens (tertiary/aromatic N) is 3. The van der Waals surface area contributed by atoms with E-state index in [1.54, 1.807) is 0 Å². The Morgan fingerprint density at radius 1 is 1.29 bits per heavy atom. The maximum absolute atomic E-state index is 8.54. The molecule has 1 aromatic rings. The number of hydrogen-bond acceptors (Lipinski definition) is 6. The number of aliphatic hydroxyl groups excluding tert-OH is 1. The molecule has 7 heteroatoms. The van der Waals surface area contributed by atoms with E-state index in [0.717, 1.165) is 12.8 Å². The van der Waals surface area contributed by atoms with E-state index in [0.29, 0.717) is 12.5 Å². The molecule has 0 aliphatic heterocycles. The molecule has 0 unspecified atom stereocenters. The Hall–Kier alpha value is -1.14. The van der Waals surface area contributed by atoms with Gasteiger partial charge in [-0.2, -0.15) is 15.0 Å². The average Bonchev–Trinajstić information content (AvgIpc) is 2.11. The van der Waals surface area contributed by atoms with Gasteiger partial charge in [0.1, 0.15) is 0 Å². The zero-order valence-corrected chi connectivity index (χ0v) is 8.33. The lowest BCUT2D eigenvalue weighted by Gasteiger charge is -2.03. The fourth-order valence-corrected chi connectivity index (χ4v) is 1.05. The summed E-state index contributed by atoms with van der Waals surface area (Å²) in [5.74, 6) is 0.454. The number of nitrogen functional groups attached to an aromatic ring is 1. The van der Waals surface area contributed by atoms with E-state index in [4.69, 9.17) is 22.4 Å². The minimum absolute atomic E-state index is 0.0714. The van der Waals surface area contributed by atoms with Crippen LogP contribution in [0, 0.1) is 0 Å². The number of nitrogens with two attached hydrogens (primary N) is 1. The van der Waals surface area contributed by atoms with Crippen LogP contribution < -0.4 is 11.1 Å². The highest BCUT2D eigenvalue weighted by atomic mass is 35.5. The van der Waals surface area contributed by atoms with Crippen LogP contribution in [0.25, 0.3) is 0 Å². The van der Waals surface area contributed by atoms with Gasteiger partial charge in [0.2, 0.25) is 17.2 Å². The van der Waals surface area contributed by atoms with Crippen molar-refractivity contribution in [2.45, 2.75) is 12.8 Å². The van der Waals surface area contributed by atoms with Crippen molar-refractivity contribution in [3.05, 3.63) is 5.28 Å². The molecule has 0 atom stereocenters. The van der Waals surface area contributed by atoms with Crippen molar-refractivity contribution in [2.75, 3.05) is 24.2 Å². The number of anilines is 2. The van der Waals surface area contributed by atoms with E-state index in [2.05, 4.69) is 20.3 Å². The predicted octanol–water partition coefficient (Wildman–Crippen LogP) is 0.292. The van der Waals surface area contributed by atoms with E-state index >= 15 is 0 Å². The summed E-state index contributed by atoms with van der Waals surface area (Å²) >= 11 is 5.57. The molecule has 1 rings (SSSR count). The number of unbranched alkanes of at least 4 members (excludes halogenated alkanes) is 1. The number of rotatable bonds is 5. The lowest BCUT2D eigenvalue weighted by Crippen LogP contribution is -2.08. The number of aliphatic hydroxyl groups is 1. The largest absolute Gasteiger partial charge is 0.396 e. The standard InChI is InChI=1S/C7H12ClN5O/c8-5-11-6(9)13-7(12-5)10-3-1-2-4-14/h14H,1-4H2,(H3,9,10,11,12,13). The molecular weight excluding hydrogens is 206 g/mol. The first-order valence-electron chi connectivity index (χ1n) is 4.24. The van der Waals surface area contributed by atoms with Gasteiger partial charge in [-0.15, -0.1) is 0 Å². The van der Waals surface area contributed by atoms with Crippen molar-refractivity contribution in [1.29, 1.82) is 0 Å². The van der Waals surface area contributed by atoms with E-state index in [9.17, 15) is 0 Å². The molecule has 0 amide bonds. The molecule has 1 aromatic heterocycles. The second-order valence-electron chi connectivity index (χ2n) is 2.64. The van der Waals surface area contributed by atoms with Crippen molar-refractivity contribution in [1.82, 2.24) is 15.0 Å². The van der Waals surface area contributed by atoms with Crippen LogP contribution in [-0.4, -0.2) is 33.2 Å². The molecule has 0 saturated carbocycles. The Morgan fingerprint density at radius 3 is 2.71 bits per heavy atom. The number of aromatic nitrogens is 3. The normalized spacial score (nSPS) is 10.1. The summed E-state index contributed by atoms with van der Waals surface area (Å²) in [5, 5.41) is 11.5. The van der Waals surface area contributed by atoms with Gasteiger partial charge in [-0.1, -0.05) is 0 Å². The van der Waals surface area contributed by atoms with Crippen molar-refractivity contribution in [3.63, 3.8) is 0 Å². The first-order valence-corrected chi connectivity index (χ1v) is 4.62. The molecule has 0 aliphatic rings. The minimum Gasteiger partial charge on any atom is -0.396 e. The van der Waals surface area contributed by atoms with Gasteiger partial charge in [0.15, 0.2) is 0 Å². The Morgan fingerprint density at radius 2 is 2.07 bits per heavy atom. The third-order valence-corrected chi connectivity index (χ3v) is 1.66. The number of hydrogen-bond donors (Lipinski definition) is 3. The molecule has 0 radical (unpaired) electrons. The summed E-state index contributed by atoms with van der Waals surface area (Å²) in [7, 11) is 0. The molecule has 1 heterocycles. The highest BCUT2D eigenvalue weighted by Gasteiger charge is 2.00. The molecule has 78 valence electrons. The fourth-order valence-electron chi connectivity index (χ4n) is 0.881. The Kier molecular flexibility index (Phi) is 4.34. The second-order valence-corrected chi connectivity index (χ2v) is 2.98. The van der Waals surface area contributed by atoms with Crippen molar-refractivity contribution >= 4 is 23.5 Å². The van der Waals surface area contributed by atoms with Gasteiger partial charge in [-0.3, -0.25) is 0 Å². The molecular formula is C7H12ClN5O. The Balaban J connectivity index is 2.42. The zero-order valence-electron chi connectivity index (χ0n) is 7.57. The molecule has 0 spiro atoms. The van der Waals surface area contributed by atoms with Gasteiger partial charge in [0.25, 0.3) is 0 Å². The van der Waals surface area contributed by atoms with E-state index in [-0.39, 0.29) is 17.8 Å². The highest BCUT2D eigenvalue weighted by molar-refractivity contribution is 6.28. The lowest BCUT2D eigenvalue weighted by atomic mass is 10.3. The molecule has 0 saturated heterocycles. The molecule has 0 aromatic carbocycles. The zero-order chi connectivity index (χ0) is 10.4. The third-order valence-electron chi connectivity index (χ3n) is 1.49. The van der Waals surface area contributed by atoms with Crippen LogP contribution in [0.5, 0.6) is 0 Å². The molecule has 0 aliphatic carbocycles. The summed E-state index contributed by atoms with van der Waals surface area (Å²) in [5.41, 5.74) is 5.36. The molecule has 0 bridgehead atoms. The predicted molar refractivity (Wildman–Crippen MR) is 54.1 cm³/mol. The van der Waals surface area contributed by atoms with Crippen LogP contribution in [0.3, 0.4) is 0 Å². The first kappa shape index (κ1) is 10.9. The average molecular weight is 218 g/mol. The fraction of sp³-hybridized carbons (Fsp3) is 0.571. The molecule has 6 nitrogen and oxygen atoms in total. The van der Waals surface area contributed by atoms with Crippen molar-refractivity contribution in [2.24, 2.45) is 0 Å². The smallest absolute Gasteiger partial charge is 0.228 e. The Labute approximate surface area is 86.5 Å². The summed E-state index contributed by atoms with van der Waals surface area (Å²) in [6.45, 7) is 0.849. The topological polar surface area (TPSA) is 97.0 Å². The maximum atomic E-state index is 8.54. The summed E-state index contributed by atoms with van der Waals surface area (Å²) in [4.78, 5) is 11.3. The van der Waals surface area contributed by atoms with Crippen LogP contribution in [-0.2, 0) is 0 Å². The van der Waals surface area contributed by atoms with Gasteiger partial charge >= 0.3 is 0 Å². The SMILES string of the molecule is Nc1nc(Cl)nc(NCCCCO)n1. The van der Waals surface area contributed by atoms with Gasteiger partial charge in [0, 0.05) is 13.2 Å². The summed E-state index contributed by atoms with van der Waals surface area (Å²) < 4.78 is 0. The minimum atomic E-state index is 0.0714. The molecule has 4 N–H and O–H groups in total. The van der Waals surface area contributed by atoms with Gasteiger partial charge < -0.3 is 16.2 Å². The van der Waals surface area contributed by atoms with Gasteiger partial charge in [-0.05, 0) is 24.4 Å². The summed E-state index contributed by atoms with van der Waals surface area (Å²) in [6, 6.07) is 0. The molecule has 0 fully saturated rings. The quantitative estimate of drug-likeness (QED) is 0.614. The summed E-state index contributed by atoms with van der Waals surface area (Å²) in [6.07, 6.45) is 1.57. The maximum Gasteiger partial charge on any atom is 0.228 e. The highest BCUT2D eigenvalue weighted by Crippen LogP contribution is 2.06. The van der Waals surface area contributed by atoms with E-state index in [1.165, 1.54) is 0 Å². The van der Waals surface area contributed by atoms with Crippen LogP contribution in [0.1, 0.15) is 12.8 Å². The van der Waals surface area contributed by atoms with E-state index < -0.39 is 0 Å². The van der Waals surface area contributed by atoms with Crippen LogP contribution in [0.15, 0.2) is 0 Å². The first-order chi connectivity index (χ1) is 6.72. The Bertz CT molecular complexity index is 275. The van der Waals surface area contributed by atoms with Crippen molar-refractivity contribution < 1.29 is 5.11 Å². The monoisotopic (exact) mass is 217 g/mol. The second kappa shape index (κ2) is 5.56. The number of nitrogens with one attached hydrogen (secondary N) is 1. The van der Waals surface area contributed by atoms with Crippen LogP contribution >= 0.6 is 11.6 Å². The van der Waals surface area contributed by atoms with Gasteiger partial charge in [0.05, 0.1) is 0 Å². The van der Waals surface area contributed by atoms with Crippen LogP contribution in [0.2, 0.25) is 5.28 Å². The molecule has 14 heavy (non-hydrogen) atoms. The number of halogens is 1. The van der Waals surface area contributed by atoms with Crippen molar-refractivity contribution in [3.8, 4) is 0 Å². The van der Waals surface area contributed by atoms with E-state index in [1.807, 2.05) is 0 Å². The third kappa shape index (κ3) is 3.71. The van der Waals surface area contributed by atoms with Gasteiger partial charge in [-0.25, -0.2) is 0 Å².